The molecule has 0 aliphatic heterocycles. The first-order valence-electron chi connectivity index (χ1n) is 5.70. The molecule has 0 fully saturated rings. The summed E-state index contributed by atoms with van der Waals surface area (Å²) in [5.41, 5.74) is 8.51. The second kappa shape index (κ2) is 5.13. The standard InChI is InChI=1S/C13H16BrN3O2/c1-7-5-8(18-3)6-9(19-4)10(7)11-12(14)17(2)13(15)16-11/h5-6H,1-4H3,(H2,15,16). The Hall–Kier alpha value is -1.69. The van der Waals surface area contributed by atoms with Gasteiger partial charge >= 0.3 is 0 Å². The minimum absolute atomic E-state index is 0.444. The van der Waals surface area contributed by atoms with Crippen LogP contribution < -0.4 is 15.2 Å². The van der Waals surface area contributed by atoms with Crippen LogP contribution in [0.3, 0.4) is 0 Å². The van der Waals surface area contributed by atoms with E-state index in [4.69, 9.17) is 15.2 Å². The Balaban J connectivity index is 2.70. The summed E-state index contributed by atoms with van der Waals surface area (Å²) in [6.45, 7) is 1.98. The van der Waals surface area contributed by atoms with Gasteiger partial charge in [-0.05, 0) is 34.5 Å². The topological polar surface area (TPSA) is 62.3 Å². The van der Waals surface area contributed by atoms with Crippen molar-refractivity contribution in [3.8, 4) is 22.8 Å². The zero-order chi connectivity index (χ0) is 14.2. The molecule has 0 aliphatic carbocycles. The van der Waals surface area contributed by atoms with Gasteiger partial charge in [0.2, 0.25) is 5.95 Å². The van der Waals surface area contributed by atoms with Crippen LogP contribution in [0.25, 0.3) is 11.3 Å². The van der Waals surface area contributed by atoms with Gasteiger partial charge in [0.15, 0.2) is 0 Å². The first kappa shape index (κ1) is 13.7. The van der Waals surface area contributed by atoms with E-state index in [2.05, 4.69) is 20.9 Å². The minimum atomic E-state index is 0.444. The molecule has 2 aromatic rings. The van der Waals surface area contributed by atoms with E-state index in [0.29, 0.717) is 11.7 Å². The number of aryl methyl sites for hydroxylation is 1. The molecule has 2 N–H and O–H groups in total. The number of methoxy groups -OCH3 is 2. The van der Waals surface area contributed by atoms with E-state index in [1.165, 1.54) is 0 Å². The summed E-state index contributed by atoms with van der Waals surface area (Å²) in [6.07, 6.45) is 0. The number of rotatable bonds is 3. The fraction of sp³-hybridized carbons (Fsp3) is 0.308. The molecule has 0 aliphatic rings. The SMILES string of the molecule is COc1cc(C)c(-c2nc(N)n(C)c2Br)c(OC)c1. The number of hydrogen-bond acceptors (Lipinski definition) is 4. The van der Waals surface area contributed by atoms with E-state index in [9.17, 15) is 0 Å². The first-order valence-corrected chi connectivity index (χ1v) is 6.49. The average molecular weight is 326 g/mol. The predicted octanol–water partition coefficient (Wildman–Crippen LogP) is 2.76. The van der Waals surface area contributed by atoms with Gasteiger partial charge in [-0.3, -0.25) is 0 Å². The zero-order valence-corrected chi connectivity index (χ0v) is 12.9. The molecule has 102 valence electrons. The quantitative estimate of drug-likeness (QED) is 0.942. The van der Waals surface area contributed by atoms with Crippen molar-refractivity contribution in [2.24, 2.45) is 7.05 Å². The summed E-state index contributed by atoms with van der Waals surface area (Å²) in [4.78, 5) is 4.38. The van der Waals surface area contributed by atoms with E-state index in [1.54, 1.807) is 18.8 Å². The van der Waals surface area contributed by atoms with Gasteiger partial charge in [-0.25, -0.2) is 4.98 Å². The van der Waals surface area contributed by atoms with Crippen molar-refractivity contribution in [3.63, 3.8) is 0 Å². The molecule has 2 rings (SSSR count). The normalized spacial score (nSPS) is 10.6. The highest BCUT2D eigenvalue weighted by atomic mass is 79.9. The Kier molecular flexibility index (Phi) is 3.71. The van der Waals surface area contributed by atoms with Crippen molar-refractivity contribution < 1.29 is 9.47 Å². The summed E-state index contributed by atoms with van der Waals surface area (Å²) in [7, 11) is 5.10. The van der Waals surface area contributed by atoms with Crippen molar-refractivity contribution in [2.75, 3.05) is 20.0 Å². The maximum atomic E-state index is 5.83. The average Bonchev–Trinajstić information content (AvgIpc) is 2.65. The van der Waals surface area contributed by atoms with E-state index >= 15 is 0 Å². The second-order valence-corrected chi connectivity index (χ2v) is 4.94. The minimum Gasteiger partial charge on any atom is -0.497 e. The van der Waals surface area contributed by atoms with Crippen molar-refractivity contribution in [3.05, 3.63) is 22.3 Å². The van der Waals surface area contributed by atoms with Crippen molar-refractivity contribution in [1.82, 2.24) is 9.55 Å². The van der Waals surface area contributed by atoms with Gasteiger partial charge in [-0.2, -0.15) is 0 Å². The smallest absolute Gasteiger partial charge is 0.201 e. The largest absolute Gasteiger partial charge is 0.497 e. The van der Waals surface area contributed by atoms with E-state index in [0.717, 1.165) is 27.2 Å². The summed E-state index contributed by atoms with van der Waals surface area (Å²) in [5, 5.41) is 0. The summed E-state index contributed by atoms with van der Waals surface area (Å²) >= 11 is 3.50. The van der Waals surface area contributed by atoms with Crippen LogP contribution in [-0.2, 0) is 7.05 Å². The van der Waals surface area contributed by atoms with Gasteiger partial charge in [-0.1, -0.05) is 0 Å². The molecule has 1 aromatic carbocycles. The monoisotopic (exact) mass is 325 g/mol. The maximum absolute atomic E-state index is 5.83. The third-order valence-electron chi connectivity index (χ3n) is 3.03. The van der Waals surface area contributed by atoms with Crippen LogP contribution >= 0.6 is 15.9 Å². The van der Waals surface area contributed by atoms with E-state index in [1.807, 2.05) is 26.1 Å². The van der Waals surface area contributed by atoms with Crippen molar-refractivity contribution in [1.29, 1.82) is 0 Å². The fourth-order valence-corrected chi connectivity index (χ4v) is 2.43. The molecular weight excluding hydrogens is 310 g/mol. The van der Waals surface area contributed by atoms with Gasteiger partial charge in [0, 0.05) is 18.7 Å². The molecule has 0 bridgehead atoms. The highest BCUT2D eigenvalue weighted by Gasteiger charge is 2.19. The van der Waals surface area contributed by atoms with E-state index < -0.39 is 0 Å². The Bertz CT molecular complexity index is 623. The Morgan fingerprint density at radius 1 is 1.26 bits per heavy atom. The number of nitrogens with two attached hydrogens (primary N) is 1. The van der Waals surface area contributed by atoms with Gasteiger partial charge in [0.1, 0.15) is 21.8 Å². The molecular formula is C13H16BrN3O2. The molecule has 6 heteroatoms. The van der Waals surface area contributed by atoms with Crippen LogP contribution in [0, 0.1) is 6.92 Å². The molecule has 1 heterocycles. The number of imidazole rings is 1. The maximum Gasteiger partial charge on any atom is 0.201 e. The number of aromatic nitrogens is 2. The lowest BCUT2D eigenvalue weighted by atomic mass is 10.0. The van der Waals surface area contributed by atoms with Crippen LogP contribution in [0.1, 0.15) is 5.56 Å². The second-order valence-electron chi connectivity index (χ2n) is 4.19. The molecule has 0 saturated heterocycles. The highest BCUT2D eigenvalue weighted by Crippen LogP contribution is 2.39. The first-order chi connectivity index (χ1) is 8.99. The molecule has 0 amide bonds. The Morgan fingerprint density at radius 3 is 2.42 bits per heavy atom. The van der Waals surface area contributed by atoms with Crippen LogP contribution in [0.15, 0.2) is 16.7 Å². The lowest BCUT2D eigenvalue weighted by molar-refractivity contribution is 0.395. The summed E-state index contributed by atoms with van der Waals surface area (Å²) in [6, 6.07) is 3.77. The number of nitrogen functional groups attached to an aromatic ring is 1. The molecule has 0 spiro atoms. The molecule has 0 radical (unpaired) electrons. The molecule has 1 aromatic heterocycles. The summed E-state index contributed by atoms with van der Waals surface area (Å²) < 4.78 is 13.3. The number of nitrogens with zero attached hydrogens (tertiary/aromatic N) is 2. The van der Waals surface area contributed by atoms with Crippen LogP contribution in [0.4, 0.5) is 5.95 Å². The van der Waals surface area contributed by atoms with Crippen LogP contribution in [0.2, 0.25) is 0 Å². The Labute approximate surface area is 120 Å². The number of anilines is 1. The summed E-state index contributed by atoms with van der Waals surface area (Å²) in [5.74, 6) is 1.90. The zero-order valence-electron chi connectivity index (χ0n) is 11.3. The number of benzene rings is 1. The molecule has 0 unspecified atom stereocenters. The van der Waals surface area contributed by atoms with Gasteiger partial charge in [0.05, 0.1) is 14.2 Å². The number of ether oxygens (including phenoxy) is 2. The van der Waals surface area contributed by atoms with Crippen molar-refractivity contribution in [2.45, 2.75) is 6.92 Å². The molecule has 0 atom stereocenters. The fourth-order valence-electron chi connectivity index (χ4n) is 1.96. The van der Waals surface area contributed by atoms with Gasteiger partial charge in [0.25, 0.3) is 0 Å². The number of halogens is 1. The Morgan fingerprint density at radius 2 is 1.95 bits per heavy atom. The van der Waals surface area contributed by atoms with Crippen LogP contribution in [0.5, 0.6) is 11.5 Å². The lowest BCUT2D eigenvalue weighted by Crippen LogP contribution is -1.96. The van der Waals surface area contributed by atoms with E-state index in [-0.39, 0.29) is 0 Å². The van der Waals surface area contributed by atoms with Crippen molar-refractivity contribution >= 4 is 21.9 Å². The van der Waals surface area contributed by atoms with Crippen LogP contribution in [-0.4, -0.2) is 23.8 Å². The third kappa shape index (κ3) is 2.28. The molecule has 0 saturated carbocycles. The predicted molar refractivity (Wildman–Crippen MR) is 78.6 cm³/mol. The molecule has 5 nitrogen and oxygen atoms in total. The lowest BCUT2D eigenvalue weighted by Gasteiger charge is -2.12. The highest BCUT2D eigenvalue weighted by molar-refractivity contribution is 9.10. The third-order valence-corrected chi connectivity index (χ3v) is 3.93. The van der Waals surface area contributed by atoms with Gasteiger partial charge in [-0.15, -0.1) is 0 Å². The van der Waals surface area contributed by atoms with Gasteiger partial charge < -0.3 is 19.8 Å². The number of hydrogen-bond donors (Lipinski definition) is 1. The molecule has 19 heavy (non-hydrogen) atoms.